The monoisotopic (exact) mass is 251 g/mol. The van der Waals surface area contributed by atoms with E-state index >= 15 is 0 Å². The molecule has 3 heteroatoms. The fourth-order valence-corrected chi connectivity index (χ4v) is 4.01. The van der Waals surface area contributed by atoms with E-state index in [1.165, 1.54) is 30.6 Å². The predicted octanol–water partition coefficient (Wildman–Crippen LogP) is 3.44. The van der Waals surface area contributed by atoms with Crippen LogP contribution < -0.4 is 0 Å². The lowest BCUT2D eigenvalue weighted by Gasteiger charge is -2.07. The lowest BCUT2D eigenvalue weighted by molar-refractivity contribution is 0.621. The summed E-state index contributed by atoms with van der Waals surface area (Å²) in [5.41, 5.74) is 2.87. The van der Waals surface area contributed by atoms with Gasteiger partial charge in [0.2, 0.25) is 0 Å². The summed E-state index contributed by atoms with van der Waals surface area (Å²) in [4.78, 5) is 4.85. The van der Waals surface area contributed by atoms with E-state index in [-0.39, 0.29) is 0 Å². The summed E-state index contributed by atoms with van der Waals surface area (Å²) in [6, 6.07) is 8.07. The van der Waals surface area contributed by atoms with E-state index < -0.39 is 0 Å². The van der Waals surface area contributed by atoms with E-state index in [1.807, 2.05) is 18.2 Å². The maximum Gasteiger partial charge on any atom is 0.113 e. The van der Waals surface area contributed by atoms with Gasteiger partial charge in [0, 0.05) is 12.5 Å². The molecule has 1 heterocycles. The van der Waals surface area contributed by atoms with E-state index in [4.69, 9.17) is 10.2 Å². The van der Waals surface area contributed by atoms with Gasteiger partial charge >= 0.3 is 0 Å². The Labute approximate surface area is 112 Å². The molecule has 19 heavy (non-hydrogen) atoms. The third-order valence-electron chi connectivity index (χ3n) is 4.93. The van der Waals surface area contributed by atoms with Gasteiger partial charge in [0.25, 0.3) is 0 Å². The van der Waals surface area contributed by atoms with Crippen LogP contribution in [0.5, 0.6) is 0 Å². The van der Waals surface area contributed by atoms with Crippen LogP contribution in [0.1, 0.15) is 43.5 Å². The van der Waals surface area contributed by atoms with Crippen LogP contribution in [0.3, 0.4) is 0 Å². The SMILES string of the molecule is CCn1c(C2C3CCCC32)nc2cc(C#N)ccc21. The predicted molar refractivity (Wildman–Crippen MR) is 73.7 cm³/mol. The Morgan fingerprint density at radius 1 is 1.37 bits per heavy atom. The van der Waals surface area contributed by atoms with Gasteiger partial charge in [-0.25, -0.2) is 4.98 Å². The minimum Gasteiger partial charge on any atom is -0.328 e. The van der Waals surface area contributed by atoms with Gasteiger partial charge in [-0.1, -0.05) is 6.42 Å². The lowest BCUT2D eigenvalue weighted by atomic mass is 10.1. The Morgan fingerprint density at radius 2 is 2.16 bits per heavy atom. The number of aryl methyl sites for hydroxylation is 1. The Hall–Kier alpha value is -1.82. The smallest absolute Gasteiger partial charge is 0.113 e. The molecule has 4 rings (SSSR count). The van der Waals surface area contributed by atoms with Crippen molar-refractivity contribution in [3.8, 4) is 6.07 Å². The van der Waals surface area contributed by atoms with Crippen molar-refractivity contribution in [3.05, 3.63) is 29.6 Å². The number of hydrogen-bond donors (Lipinski definition) is 0. The van der Waals surface area contributed by atoms with Gasteiger partial charge in [0.05, 0.1) is 22.7 Å². The molecule has 0 spiro atoms. The maximum absolute atomic E-state index is 9.00. The van der Waals surface area contributed by atoms with Crippen molar-refractivity contribution in [1.82, 2.24) is 9.55 Å². The fourth-order valence-electron chi connectivity index (χ4n) is 4.01. The molecular formula is C16H17N3. The fraction of sp³-hybridized carbons (Fsp3) is 0.500. The highest BCUT2D eigenvalue weighted by Crippen LogP contribution is 2.62. The second-order valence-corrected chi connectivity index (χ2v) is 5.81. The lowest BCUT2D eigenvalue weighted by Crippen LogP contribution is -2.02. The van der Waals surface area contributed by atoms with Crippen LogP contribution in [0.25, 0.3) is 11.0 Å². The zero-order chi connectivity index (χ0) is 13.0. The molecule has 2 fully saturated rings. The molecule has 2 aliphatic rings. The van der Waals surface area contributed by atoms with Gasteiger partial charge in [0.1, 0.15) is 5.82 Å². The molecule has 1 aromatic carbocycles. The topological polar surface area (TPSA) is 41.6 Å². The molecule has 0 aliphatic heterocycles. The van der Waals surface area contributed by atoms with Gasteiger partial charge < -0.3 is 4.57 Å². The number of aromatic nitrogens is 2. The van der Waals surface area contributed by atoms with Gasteiger partial charge in [-0.3, -0.25) is 0 Å². The van der Waals surface area contributed by atoms with Gasteiger partial charge in [0.15, 0.2) is 0 Å². The molecule has 0 radical (unpaired) electrons. The van der Waals surface area contributed by atoms with Crippen molar-refractivity contribution in [1.29, 1.82) is 5.26 Å². The first-order chi connectivity index (χ1) is 9.33. The Bertz CT molecular complexity index is 682. The van der Waals surface area contributed by atoms with Crippen LogP contribution in [0.4, 0.5) is 0 Å². The van der Waals surface area contributed by atoms with E-state index in [0.29, 0.717) is 11.5 Å². The molecule has 2 unspecified atom stereocenters. The van der Waals surface area contributed by atoms with Crippen molar-refractivity contribution in [2.75, 3.05) is 0 Å². The van der Waals surface area contributed by atoms with Crippen molar-refractivity contribution in [3.63, 3.8) is 0 Å². The first kappa shape index (κ1) is 11.0. The molecule has 2 atom stereocenters. The summed E-state index contributed by atoms with van der Waals surface area (Å²) in [7, 11) is 0. The molecule has 3 nitrogen and oxygen atoms in total. The average Bonchev–Trinajstić information content (AvgIpc) is 2.81. The van der Waals surface area contributed by atoms with E-state index in [9.17, 15) is 0 Å². The molecule has 0 amide bonds. The summed E-state index contributed by atoms with van der Waals surface area (Å²) in [6.07, 6.45) is 4.16. The summed E-state index contributed by atoms with van der Waals surface area (Å²) in [5.74, 6) is 3.73. The molecular weight excluding hydrogens is 234 g/mol. The molecule has 0 saturated heterocycles. The molecule has 96 valence electrons. The van der Waals surface area contributed by atoms with Crippen molar-refractivity contribution in [2.45, 2.75) is 38.6 Å². The zero-order valence-electron chi connectivity index (χ0n) is 11.1. The summed E-state index contributed by atoms with van der Waals surface area (Å²) < 4.78 is 2.35. The molecule has 2 aromatic rings. The second kappa shape index (κ2) is 3.84. The second-order valence-electron chi connectivity index (χ2n) is 5.81. The molecule has 0 bridgehead atoms. The van der Waals surface area contributed by atoms with Crippen LogP contribution >= 0.6 is 0 Å². The Balaban J connectivity index is 1.84. The molecule has 0 N–H and O–H groups in total. The highest BCUT2D eigenvalue weighted by molar-refractivity contribution is 5.78. The third-order valence-corrected chi connectivity index (χ3v) is 4.93. The van der Waals surface area contributed by atoms with Crippen LogP contribution in [0, 0.1) is 23.2 Å². The largest absolute Gasteiger partial charge is 0.328 e. The minimum atomic E-state index is 0.687. The summed E-state index contributed by atoms with van der Waals surface area (Å²) in [5, 5.41) is 9.00. The highest BCUT2D eigenvalue weighted by atomic mass is 15.1. The van der Waals surface area contributed by atoms with Crippen LogP contribution in [-0.4, -0.2) is 9.55 Å². The number of fused-ring (bicyclic) bond motifs is 2. The van der Waals surface area contributed by atoms with E-state index in [0.717, 1.165) is 23.9 Å². The normalized spacial score (nSPS) is 28.3. The van der Waals surface area contributed by atoms with Gasteiger partial charge in [-0.2, -0.15) is 5.26 Å². The van der Waals surface area contributed by atoms with Gasteiger partial charge in [-0.05, 0) is 49.8 Å². The number of nitrogens with zero attached hydrogens (tertiary/aromatic N) is 3. The van der Waals surface area contributed by atoms with Crippen molar-refractivity contribution in [2.24, 2.45) is 11.8 Å². The number of imidazole rings is 1. The number of benzene rings is 1. The van der Waals surface area contributed by atoms with E-state index in [1.54, 1.807) is 0 Å². The standard InChI is InChI=1S/C16H17N3/c1-2-19-14-7-6-10(9-17)8-13(14)18-16(19)15-11-4-3-5-12(11)15/h6-8,11-12,15H,2-5H2,1H3. The average molecular weight is 251 g/mol. The van der Waals surface area contributed by atoms with E-state index in [2.05, 4.69) is 17.6 Å². The number of nitriles is 1. The number of rotatable bonds is 2. The first-order valence-electron chi connectivity index (χ1n) is 7.23. The van der Waals surface area contributed by atoms with Crippen molar-refractivity contribution >= 4 is 11.0 Å². The van der Waals surface area contributed by atoms with Crippen LogP contribution in [0.2, 0.25) is 0 Å². The van der Waals surface area contributed by atoms with Crippen LogP contribution in [0.15, 0.2) is 18.2 Å². The zero-order valence-corrected chi connectivity index (χ0v) is 11.1. The van der Waals surface area contributed by atoms with Crippen molar-refractivity contribution < 1.29 is 0 Å². The summed E-state index contributed by atoms with van der Waals surface area (Å²) >= 11 is 0. The minimum absolute atomic E-state index is 0.687. The van der Waals surface area contributed by atoms with Gasteiger partial charge in [-0.15, -0.1) is 0 Å². The molecule has 2 saturated carbocycles. The Morgan fingerprint density at radius 3 is 2.84 bits per heavy atom. The Kier molecular flexibility index (Phi) is 2.23. The molecule has 2 aliphatic carbocycles. The third kappa shape index (κ3) is 1.46. The maximum atomic E-state index is 9.00. The quantitative estimate of drug-likeness (QED) is 0.820. The number of hydrogen-bond acceptors (Lipinski definition) is 2. The summed E-state index contributed by atoms with van der Waals surface area (Å²) in [6.45, 7) is 3.15. The first-order valence-corrected chi connectivity index (χ1v) is 7.23. The molecule has 1 aromatic heterocycles. The van der Waals surface area contributed by atoms with Crippen LogP contribution in [-0.2, 0) is 6.54 Å². The highest BCUT2D eigenvalue weighted by Gasteiger charge is 2.55.